The Balaban J connectivity index is 1.53. The molecule has 182 valence electrons. The minimum atomic E-state index is -0.667. The Labute approximate surface area is 213 Å². The molecule has 0 radical (unpaired) electrons. The van der Waals surface area contributed by atoms with Gasteiger partial charge in [0.25, 0.3) is 11.5 Å². The smallest absolute Gasteiger partial charge is 0.270 e. The Morgan fingerprint density at radius 2 is 2.06 bits per heavy atom. The summed E-state index contributed by atoms with van der Waals surface area (Å²) in [7, 11) is 0. The van der Waals surface area contributed by atoms with Crippen molar-refractivity contribution in [1.82, 2.24) is 9.88 Å². The molecule has 2 N–H and O–H groups in total. The van der Waals surface area contributed by atoms with E-state index in [1.165, 1.54) is 27.7 Å². The predicted molar refractivity (Wildman–Crippen MR) is 142 cm³/mol. The van der Waals surface area contributed by atoms with Crippen LogP contribution in [0.5, 0.6) is 0 Å². The maximum absolute atomic E-state index is 12.9. The number of aromatic nitrogens is 1. The Kier molecular flexibility index (Phi) is 7.99. The van der Waals surface area contributed by atoms with Crippen LogP contribution in [0.4, 0.5) is 5.69 Å². The van der Waals surface area contributed by atoms with E-state index in [2.05, 4.69) is 47.0 Å². The molecule has 4 rings (SSSR count). The molecule has 1 unspecified atom stereocenters. The Hall–Kier alpha value is -4.14. The summed E-state index contributed by atoms with van der Waals surface area (Å²) in [5.74, 6) is -0.0723. The number of fused-ring (bicyclic) bond motifs is 1. The summed E-state index contributed by atoms with van der Waals surface area (Å²) in [4.78, 5) is 25.2. The van der Waals surface area contributed by atoms with Crippen molar-refractivity contribution in [2.75, 3.05) is 11.9 Å². The van der Waals surface area contributed by atoms with Gasteiger partial charge in [0.1, 0.15) is 21.8 Å². The third-order valence-corrected chi connectivity index (χ3v) is 7.57. The molecule has 3 aromatic rings. The van der Waals surface area contributed by atoms with Gasteiger partial charge in [-0.15, -0.1) is 11.3 Å². The molecule has 1 amide bonds. The van der Waals surface area contributed by atoms with E-state index in [0.717, 1.165) is 36.3 Å². The second-order valence-electron chi connectivity index (χ2n) is 8.61. The summed E-state index contributed by atoms with van der Waals surface area (Å²) in [5, 5.41) is 23.8. The van der Waals surface area contributed by atoms with Crippen LogP contribution in [0, 0.1) is 22.7 Å². The van der Waals surface area contributed by atoms with Gasteiger partial charge >= 0.3 is 0 Å². The summed E-state index contributed by atoms with van der Waals surface area (Å²) in [5.41, 5.74) is 4.60. The highest BCUT2D eigenvalue weighted by Gasteiger charge is 2.21. The van der Waals surface area contributed by atoms with Crippen LogP contribution in [0.2, 0.25) is 0 Å². The van der Waals surface area contributed by atoms with E-state index in [1.54, 1.807) is 13.1 Å². The molecule has 8 heteroatoms. The fourth-order valence-electron chi connectivity index (χ4n) is 4.65. The molecule has 36 heavy (non-hydrogen) atoms. The van der Waals surface area contributed by atoms with Gasteiger partial charge in [-0.2, -0.15) is 10.5 Å². The first-order valence-corrected chi connectivity index (χ1v) is 12.8. The molecular formula is C28H27N5O2S. The highest BCUT2D eigenvalue weighted by atomic mass is 32.1. The van der Waals surface area contributed by atoms with Crippen molar-refractivity contribution in [1.29, 1.82) is 10.5 Å². The number of thiazole rings is 1. The average molecular weight is 498 g/mol. The maximum Gasteiger partial charge on any atom is 0.270 e. The minimum absolute atomic E-state index is 0.177. The summed E-state index contributed by atoms with van der Waals surface area (Å²) in [6.45, 7) is 1.88. The number of rotatable bonds is 8. The van der Waals surface area contributed by atoms with Crippen LogP contribution in [0.3, 0.4) is 0 Å². The van der Waals surface area contributed by atoms with Crippen molar-refractivity contribution in [2.45, 2.75) is 45.1 Å². The van der Waals surface area contributed by atoms with Crippen molar-refractivity contribution < 1.29 is 4.79 Å². The summed E-state index contributed by atoms with van der Waals surface area (Å²) < 4.78 is 2.07. The third-order valence-electron chi connectivity index (χ3n) is 6.44. The number of nitriles is 2. The lowest BCUT2D eigenvalue weighted by molar-refractivity contribution is -0.115. The van der Waals surface area contributed by atoms with Crippen molar-refractivity contribution >= 4 is 34.7 Å². The zero-order chi connectivity index (χ0) is 25.5. The van der Waals surface area contributed by atoms with Gasteiger partial charge in [-0.3, -0.25) is 14.2 Å². The van der Waals surface area contributed by atoms with Crippen molar-refractivity contribution in [3.63, 3.8) is 0 Å². The molecule has 1 aliphatic carbocycles. The third kappa shape index (κ3) is 5.40. The first kappa shape index (κ1) is 25.0. The van der Waals surface area contributed by atoms with Gasteiger partial charge in [-0.25, -0.2) is 0 Å². The van der Waals surface area contributed by atoms with Gasteiger partial charge in [0, 0.05) is 18.4 Å². The van der Waals surface area contributed by atoms with Crippen molar-refractivity contribution in [2.24, 2.45) is 0 Å². The lowest BCUT2D eigenvalue weighted by Crippen LogP contribution is -2.34. The zero-order valence-corrected chi connectivity index (χ0v) is 20.9. The quantitative estimate of drug-likeness (QED) is 0.465. The second kappa shape index (κ2) is 11.5. The largest absolute Gasteiger partial charge is 0.360 e. The topological polar surface area (TPSA) is 111 Å². The summed E-state index contributed by atoms with van der Waals surface area (Å²) in [6.07, 6.45) is 6.04. The number of hydrogen-bond acceptors (Lipinski definition) is 6. The molecule has 0 bridgehead atoms. The van der Waals surface area contributed by atoms with Gasteiger partial charge in [0.15, 0.2) is 5.57 Å². The Bertz CT molecular complexity index is 1540. The number of benzene rings is 2. The van der Waals surface area contributed by atoms with Crippen LogP contribution in [0.15, 0.2) is 53.3 Å². The molecule has 0 spiro atoms. The molecule has 1 aliphatic rings. The molecule has 7 nitrogen and oxygen atoms in total. The summed E-state index contributed by atoms with van der Waals surface area (Å²) in [6, 6.07) is 20.6. The van der Waals surface area contributed by atoms with E-state index < -0.39 is 5.91 Å². The van der Waals surface area contributed by atoms with Gasteiger partial charge < -0.3 is 10.6 Å². The van der Waals surface area contributed by atoms with Gasteiger partial charge in [0.05, 0.1) is 6.07 Å². The fraction of sp³-hybridized carbons (Fsp3) is 0.286. The van der Waals surface area contributed by atoms with Crippen LogP contribution in [-0.4, -0.2) is 17.0 Å². The molecule has 0 aliphatic heterocycles. The standard InChI is InChI=1S/C28H27N5O2S/c1-2-33-27(35)25(36-28(33)24(17-30)26(34)31-15-14-29)18-32-22-8-5-6-19(16-22)10-11-21-13-12-20-7-3-4-9-23(20)21/h3-9,16,18,21,32H,2,10-13,15H2,1H3,(H,31,34). The number of nitrogens with zero attached hydrogens (tertiary/aromatic N) is 3. The molecule has 0 saturated heterocycles. The van der Waals surface area contributed by atoms with E-state index >= 15 is 0 Å². The predicted octanol–water partition coefficient (Wildman–Crippen LogP) is 2.76. The van der Waals surface area contributed by atoms with E-state index in [-0.39, 0.29) is 22.3 Å². The normalized spacial score (nSPS) is 15.5. The monoisotopic (exact) mass is 497 g/mol. The van der Waals surface area contributed by atoms with Crippen LogP contribution in [-0.2, 0) is 24.2 Å². The number of carbonyl (C=O) groups is 1. The first-order chi connectivity index (χ1) is 17.5. The van der Waals surface area contributed by atoms with Crippen LogP contribution >= 0.6 is 11.3 Å². The zero-order valence-electron chi connectivity index (χ0n) is 20.1. The number of nitrogens with one attached hydrogen (secondary N) is 2. The van der Waals surface area contributed by atoms with Gasteiger partial charge in [-0.05, 0) is 67.3 Å². The number of carbonyl (C=O) groups excluding carboxylic acids is 1. The lowest BCUT2D eigenvalue weighted by Gasteiger charge is -2.12. The minimum Gasteiger partial charge on any atom is -0.360 e. The Morgan fingerprint density at radius 3 is 2.83 bits per heavy atom. The maximum atomic E-state index is 12.9. The van der Waals surface area contributed by atoms with Gasteiger partial charge in [0.2, 0.25) is 0 Å². The molecule has 1 heterocycles. The molecule has 1 aromatic heterocycles. The fourth-order valence-corrected chi connectivity index (χ4v) is 5.73. The SMILES string of the molecule is CCn1c(=C(C#N)C(=O)NCC#N)sc(=CNc2cccc(CCC3CCc4ccccc43)c2)c1=O. The number of hydrogen-bond donors (Lipinski definition) is 2. The molecule has 1 atom stereocenters. The lowest BCUT2D eigenvalue weighted by atomic mass is 9.94. The van der Waals surface area contributed by atoms with Gasteiger partial charge in [-0.1, -0.05) is 36.4 Å². The summed E-state index contributed by atoms with van der Waals surface area (Å²) >= 11 is 1.08. The molecule has 0 saturated carbocycles. The van der Waals surface area contributed by atoms with Crippen LogP contribution < -0.4 is 25.4 Å². The Morgan fingerprint density at radius 1 is 1.22 bits per heavy atom. The number of anilines is 1. The van der Waals surface area contributed by atoms with Crippen LogP contribution in [0.1, 0.15) is 42.4 Å². The highest BCUT2D eigenvalue weighted by molar-refractivity contribution is 7.07. The van der Waals surface area contributed by atoms with Crippen molar-refractivity contribution in [3.8, 4) is 12.1 Å². The van der Waals surface area contributed by atoms with Crippen molar-refractivity contribution in [3.05, 3.63) is 84.8 Å². The first-order valence-electron chi connectivity index (χ1n) is 12.0. The highest BCUT2D eigenvalue weighted by Crippen LogP contribution is 2.36. The van der Waals surface area contributed by atoms with Crippen LogP contribution in [0.25, 0.3) is 11.8 Å². The molecule has 0 fully saturated rings. The molecular weight excluding hydrogens is 470 g/mol. The second-order valence-corrected chi connectivity index (χ2v) is 9.64. The number of aryl methyl sites for hydroxylation is 2. The molecule has 2 aromatic carbocycles. The average Bonchev–Trinajstić information content (AvgIpc) is 3.46. The number of amides is 1. The van der Waals surface area contributed by atoms with E-state index in [9.17, 15) is 14.9 Å². The van der Waals surface area contributed by atoms with E-state index in [4.69, 9.17) is 5.26 Å². The van der Waals surface area contributed by atoms with E-state index in [0.29, 0.717) is 17.0 Å². The van der Waals surface area contributed by atoms with E-state index in [1.807, 2.05) is 24.3 Å².